The predicted octanol–water partition coefficient (Wildman–Crippen LogP) is 2.61. The molecule has 0 radical (unpaired) electrons. The van der Waals surface area contributed by atoms with E-state index in [1.807, 2.05) is 0 Å². The Balaban J connectivity index is 2.53. The summed E-state index contributed by atoms with van der Waals surface area (Å²) in [7, 11) is 0. The average Bonchev–Trinajstić information content (AvgIpc) is 2.51. The van der Waals surface area contributed by atoms with Crippen LogP contribution in [0.2, 0.25) is 5.02 Å². The minimum absolute atomic E-state index is 0.0785. The van der Waals surface area contributed by atoms with Gasteiger partial charge in [-0.3, -0.25) is 4.79 Å². The van der Waals surface area contributed by atoms with Crippen molar-refractivity contribution in [3.05, 3.63) is 29.1 Å². The molecule has 14 heavy (non-hydrogen) atoms. The summed E-state index contributed by atoms with van der Waals surface area (Å²) in [6, 6.07) is 3.46. The Hall–Kier alpha value is -1.35. The number of halogens is 1. The Morgan fingerprint density at radius 1 is 1.57 bits per heavy atom. The van der Waals surface area contributed by atoms with E-state index in [1.54, 1.807) is 12.1 Å². The van der Waals surface area contributed by atoms with E-state index in [1.165, 1.54) is 13.3 Å². The fraction of sp³-hybridized carbons (Fsp3) is 0.200. The van der Waals surface area contributed by atoms with Gasteiger partial charge < -0.3 is 4.42 Å². The molecule has 0 saturated heterocycles. The van der Waals surface area contributed by atoms with Crippen molar-refractivity contribution in [1.82, 2.24) is 4.98 Å². The molecule has 0 unspecified atom stereocenters. The molecule has 0 bridgehead atoms. The number of ketones is 1. The molecule has 1 heterocycles. The minimum Gasteiger partial charge on any atom is -0.443 e. The number of carbonyl (C=O) groups excluding carboxylic acids is 1. The van der Waals surface area contributed by atoms with Crippen molar-refractivity contribution in [2.24, 2.45) is 0 Å². The van der Waals surface area contributed by atoms with Gasteiger partial charge in [-0.2, -0.15) is 0 Å². The van der Waals surface area contributed by atoms with Crippen LogP contribution >= 0.6 is 11.6 Å². The molecule has 0 fully saturated rings. The number of carbonyl (C=O) groups is 1. The Labute approximate surface area is 85.7 Å². The van der Waals surface area contributed by atoms with E-state index in [2.05, 4.69) is 4.98 Å². The lowest BCUT2D eigenvalue weighted by molar-refractivity contribution is -0.116. The Morgan fingerprint density at radius 2 is 2.36 bits per heavy atom. The van der Waals surface area contributed by atoms with Crippen LogP contribution in [0.15, 0.2) is 22.9 Å². The van der Waals surface area contributed by atoms with Crippen molar-refractivity contribution in [2.75, 3.05) is 0 Å². The minimum atomic E-state index is 0.0785. The molecule has 72 valence electrons. The number of aromatic nitrogens is 1. The van der Waals surface area contributed by atoms with Crippen molar-refractivity contribution < 1.29 is 9.21 Å². The normalized spacial score (nSPS) is 10.7. The molecular formula is C10H8ClNO2. The van der Waals surface area contributed by atoms with Crippen molar-refractivity contribution in [2.45, 2.75) is 13.3 Å². The Morgan fingerprint density at radius 3 is 3.07 bits per heavy atom. The van der Waals surface area contributed by atoms with Gasteiger partial charge in [0.15, 0.2) is 12.0 Å². The van der Waals surface area contributed by atoms with Gasteiger partial charge in [0.1, 0.15) is 11.3 Å². The first-order chi connectivity index (χ1) is 6.66. The van der Waals surface area contributed by atoms with Crippen molar-refractivity contribution >= 4 is 28.5 Å². The van der Waals surface area contributed by atoms with Crippen LogP contribution in [0.25, 0.3) is 11.1 Å². The zero-order valence-electron chi connectivity index (χ0n) is 7.58. The van der Waals surface area contributed by atoms with Gasteiger partial charge >= 0.3 is 0 Å². The molecule has 1 aromatic carbocycles. The molecule has 2 rings (SSSR count). The summed E-state index contributed by atoms with van der Waals surface area (Å²) in [5.41, 5.74) is 2.16. The maximum absolute atomic E-state index is 10.9. The van der Waals surface area contributed by atoms with Crippen molar-refractivity contribution in [3.8, 4) is 0 Å². The van der Waals surface area contributed by atoms with E-state index in [-0.39, 0.29) is 5.78 Å². The van der Waals surface area contributed by atoms with Gasteiger partial charge in [0.2, 0.25) is 0 Å². The van der Waals surface area contributed by atoms with Gasteiger partial charge in [0.25, 0.3) is 0 Å². The largest absolute Gasteiger partial charge is 0.443 e. The SMILES string of the molecule is CC(=O)Cc1cc2ncoc2cc1Cl. The molecule has 0 atom stereocenters. The van der Waals surface area contributed by atoms with Gasteiger partial charge in [0.05, 0.1) is 0 Å². The molecule has 0 saturated carbocycles. The van der Waals surface area contributed by atoms with Gasteiger partial charge in [-0.1, -0.05) is 11.6 Å². The van der Waals surface area contributed by atoms with E-state index >= 15 is 0 Å². The highest BCUT2D eigenvalue weighted by Crippen LogP contribution is 2.23. The molecule has 0 aliphatic carbocycles. The first kappa shape index (κ1) is 9.21. The summed E-state index contributed by atoms with van der Waals surface area (Å²) in [6.07, 6.45) is 1.69. The highest BCUT2D eigenvalue weighted by molar-refractivity contribution is 6.32. The highest BCUT2D eigenvalue weighted by atomic mass is 35.5. The summed E-state index contributed by atoms with van der Waals surface area (Å²) >= 11 is 5.96. The second kappa shape index (κ2) is 3.42. The first-order valence-electron chi connectivity index (χ1n) is 4.18. The lowest BCUT2D eigenvalue weighted by Crippen LogP contribution is -1.96. The van der Waals surface area contributed by atoms with E-state index in [4.69, 9.17) is 16.0 Å². The Kier molecular flexibility index (Phi) is 2.25. The zero-order valence-corrected chi connectivity index (χ0v) is 8.34. The molecule has 0 spiro atoms. The standard InChI is InChI=1S/C10H8ClNO2/c1-6(13)2-7-3-9-10(4-8(7)11)14-5-12-9/h3-5H,2H2,1H3. The summed E-state index contributed by atoms with van der Waals surface area (Å²) in [6.45, 7) is 1.53. The number of benzene rings is 1. The van der Waals surface area contributed by atoms with Gasteiger partial charge in [-0.25, -0.2) is 4.98 Å². The quantitative estimate of drug-likeness (QED) is 0.764. The number of nitrogens with zero attached hydrogens (tertiary/aromatic N) is 1. The molecule has 0 aliphatic heterocycles. The van der Waals surface area contributed by atoms with E-state index in [0.717, 1.165) is 11.1 Å². The number of fused-ring (bicyclic) bond motifs is 1. The maximum Gasteiger partial charge on any atom is 0.181 e. The van der Waals surface area contributed by atoms with Crippen LogP contribution in [-0.2, 0) is 11.2 Å². The number of rotatable bonds is 2. The van der Waals surface area contributed by atoms with Crippen LogP contribution in [0.1, 0.15) is 12.5 Å². The van der Waals surface area contributed by atoms with Crippen LogP contribution in [-0.4, -0.2) is 10.8 Å². The average molecular weight is 210 g/mol. The lowest BCUT2D eigenvalue weighted by atomic mass is 10.1. The van der Waals surface area contributed by atoms with Gasteiger partial charge in [-0.15, -0.1) is 0 Å². The van der Waals surface area contributed by atoms with Crippen LogP contribution in [0, 0.1) is 0 Å². The monoisotopic (exact) mass is 209 g/mol. The van der Waals surface area contributed by atoms with Crippen LogP contribution < -0.4 is 0 Å². The van der Waals surface area contributed by atoms with E-state index in [0.29, 0.717) is 17.0 Å². The summed E-state index contributed by atoms with van der Waals surface area (Å²) < 4.78 is 5.08. The lowest BCUT2D eigenvalue weighted by Gasteiger charge is -2.00. The summed E-state index contributed by atoms with van der Waals surface area (Å²) in [5.74, 6) is 0.0785. The molecule has 4 heteroatoms. The van der Waals surface area contributed by atoms with E-state index < -0.39 is 0 Å². The molecule has 0 amide bonds. The third-order valence-electron chi connectivity index (χ3n) is 1.94. The van der Waals surface area contributed by atoms with Crippen LogP contribution in [0.5, 0.6) is 0 Å². The van der Waals surface area contributed by atoms with E-state index in [9.17, 15) is 4.79 Å². The number of Topliss-reactive ketones (excluding diaryl/α,β-unsaturated/α-hetero) is 1. The zero-order chi connectivity index (χ0) is 10.1. The smallest absolute Gasteiger partial charge is 0.181 e. The fourth-order valence-corrected chi connectivity index (χ4v) is 1.55. The first-order valence-corrected chi connectivity index (χ1v) is 4.55. The van der Waals surface area contributed by atoms with Crippen molar-refractivity contribution in [1.29, 1.82) is 0 Å². The number of hydrogen-bond acceptors (Lipinski definition) is 3. The van der Waals surface area contributed by atoms with Gasteiger partial charge in [0, 0.05) is 17.5 Å². The Bertz CT molecular complexity index is 490. The molecule has 0 aliphatic rings. The third-order valence-corrected chi connectivity index (χ3v) is 2.29. The molecular weight excluding hydrogens is 202 g/mol. The second-order valence-electron chi connectivity index (χ2n) is 3.14. The maximum atomic E-state index is 10.9. The topological polar surface area (TPSA) is 43.1 Å². The van der Waals surface area contributed by atoms with Gasteiger partial charge in [-0.05, 0) is 18.6 Å². The summed E-state index contributed by atoms with van der Waals surface area (Å²) in [5, 5.41) is 0.546. The third kappa shape index (κ3) is 1.63. The molecule has 3 nitrogen and oxygen atoms in total. The predicted molar refractivity (Wildman–Crippen MR) is 53.4 cm³/mol. The number of hydrogen-bond donors (Lipinski definition) is 0. The molecule has 0 N–H and O–H groups in total. The second-order valence-corrected chi connectivity index (χ2v) is 3.55. The highest BCUT2D eigenvalue weighted by Gasteiger charge is 2.07. The molecule has 1 aromatic heterocycles. The van der Waals surface area contributed by atoms with Crippen LogP contribution in [0.3, 0.4) is 0 Å². The van der Waals surface area contributed by atoms with Crippen LogP contribution in [0.4, 0.5) is 0 Å². The molecule has 2 aromatic rings. The fourth-order valence-electron chi connectivity index (χ4n) is 1.33. The number of oxazole rings is 1. The summed E-state index contributed by atoms with van der Waals surface area (Å²) in [4.78, 5) is 14.9. The van der Waals surface area contributed by atoms with Crippen molar-refractivity contribution in [3.63, 3.8) is 0 Å².